The van der Waals surface area contributed by atoms with Crippen LogP contribution in [0.5, 0.6) is 0 Å². The maximum Gasteiger partial charge on any atom is 0.267 e. The van der Waals surface area contributed by atoms with E-state index < -0.39 is 15.4 Å². The van der Waals surface area contributed by atoms with Crippen LogP contribution in [0.15, 0.2) is 65.8 Å². The van der Waals surface area contributed by atoms with E-state index >= 15 is 0 Å². The minimum atomic E-state index is -3.98. The minimum absolute atomic E-state index is 0.123. The molecule has 2 aliphatic rings. The largest absolute Gasteiger partial charge is 0.367 e. The fraction of sp³-hybridized carbons (Fsp3) is 0.296. The van der Waals surface area contributed by atoms with E-state index in [4.69, 9.17) is 0 Å². The second-order valence-corrected chi connectivity index (χ2v) is 12.0. The molecule has 2 aromatic heterocycles. The number of sulfonamides is 1. The molecule has 0 radical (unpaired) electrons. The topological polar surface area (TPSA) is 103 Å². The van der Waals surface area contributed by atoms with Crippen LogP contribution in [0.1, 0.15) is 19.4 Å². The summed E-state index contributed by atoms with van der Waals surface area (Å²) in [6, 6.07) is 13.6. The molecule has 0 bridgehead atoms. The fourth-order valence-electron chi connectivity index (χ4n) is 5.10. The van der Waals surface area contributed by atoms with Gasteiger partial charge in [-0.2, -0.15) is 4.98 Å². The lowest BCUT2D eigenvalue weighted by molar-refractivity contribution is 0.554. The molecule has 38 heavy (non-hydrogen) atoms. The smallest absolute Gasteiger partial charge is 0.267 e. The second kappa shape index (κ2) is 9.17. The highest BCUT2D eigenvalue weighted by atomic mass is 32.2. The fourth-order valence-corrected chi connectivity index (χ4v) is 6.86. The van der Waals surface area contributed by atoms with E-state index in [9.17, 15) is 12.8 Å². The number of fused-ring (bicyclic) bond motifs is 2. The lowest BCUT2D eigenvalue weighted by Crippen LogP contribution is -2.43. The van der Waals surface area contributed by atoms with E-state index in [-0.39, 0.29) is 23.2 Å². The lowest BCUT2D eigenvalue weighted by Gasteiger charge is -2.29. The summed E-state index contributed by atoms with van der Waals surface area (Å²) < 4.78 is 44.2. The molecule has 196 valence electrons. The highest BCUT2D eigenvalue weighted by Crippen LogP contribution is 2.42. The number of anilines is 4. The predicted octanol–water partition coefficient (Wildman–Crippen LogP) is 3.80. The summed E-state index contributed by atoms with van der Waals surface area (Å²) in [6.45, 7) is 7.24. The van der Waals surface area contributed by atoms with Gasteiger partial charge in [-0.05, 0) is 30.3 Å². The Hall–Kier alpha value is -3.83. The number of halogens is 1. The maximum atomic E-state index is 15.0. The summed E-state index contributed by atoms with van der Waals surface area (Å²) in [5, 5.41) is 7.05. The summed E-state index contributed by atoms with van der Waals surface area (Å²) in [7, 11) is -3.98. The van der Waals surface area contributed by atoms with E-state index in [0.29, 0.717) is 22.7 Å². The van der Waals surface area contributed by atoms with E-state index in [0.717, 1.165) is 37.1 Å². The van der Waals surface area contributed by atoms with Crippen molar-refractivity contribution in [3.63, 3.8) is 0 Å². The SMILES string of the molecule is CC1(C)CN(S(=O)(=O)c2cccc3cccnc23)c2nc(Nc3ccc(N4CCNCC4)c(F)c3)ncc21. The van der Waals surface area contributed by atoms with E-state index in [2.05, 4.69) is 25.6 Å². The predicted molar refractivity (Wildman–Crippen MR) is 146 cm³/mol. The Kier molecular flexibility index (Phi) is 5.92. The first kappa shape index (κ1) is 24.5. The number of hydrogen-bond acceptors (Lipinski definition) is 8. The van der Waals surface area contributed by atoms with Gasteiger partial charge in [-0.25, -0.2) is 22.1 Å². The molecule has 0 atom stereocenters. The third-order valence-corrected chi connectivity index (χ3v) is 8.87. The van der Waals surface area contributed by atoms with Gasteiger partial charge in [-0.1, -0.05) is 32.0 Å². The highest BCUT2D eigenvalue weighted by molar-refractivity contribution is 7.93. The van der Waals surface area contributed by atoms with Crippen LogP contribution in [0.25, 0.3) is 10.9 Å². The Balaban J connectivity index is 1.34. The first-order chi connectivity index (χ1) is 18.2. The van der Waals surface area contributed by atoms with Crippen LogP contribution in [-0.2, 0) is 15.4 Å². The van der Waals surface area contributed by atoms with Gasteiger partial charge in [0.15, 0.2) is 5.82 Å². The Morgan fingerprint density at radius 3 is 2.63 bits per heavy atom. The van der Waals surface area contributed by atoms with Crippen molar-refractivity contribution < 1.29 is 12.8 Å². The van der Waals surface area contributed by atoms with Crippen LogP contribution in [0.3, 0.4) is 0 Å². The van der Waals surface area contributed by atoms with Crippen molar-refractivity contribution in [3.8, 4) is 0 Å². The monoisotopic (exact) mass is 533 g/mol. The molecular formula is C27H28FN7O2S. The van der Waals surface area contributed by atoms with Crippen molar-refractivity contribution in [2.75, 3.05) is 47.2 Å². The Morgan fingerprint density at radius 2 is 1.84 bits per heavy atom. The lowest BCUT2D eigenvalue weighted by atomic mass is 9.89. The molecule has 0 aliphatic carbocycles. The normalized spacial score (nSPS) is 17.0. The van der Waals surface area contributed by atoms with Gasteiger partial charge in [0.2, 0.25) is 5.95 Å². The van der Waals surface area contributed by atoms with Crippen LogP contribution in [-0.4, -0.2) is 56.1 Å². The van der Waals surface area contributed by atoms with Gasteiger partial charge < -0.3 is 15.5 Å². The summed E-state index contributed by atoms with van der Waals surface area (Å²) in [5.41, 5.74) is 1.66. The van der Waals surface area contributed by atoms with E-state index in [1.54, 1.807) is 42.7 Å². The number of rotatable bonds is 5. The van der Waals surface area contributed by atoms with Crippen molar-refractivity contribution in [3.05, 3.63) is 72.3 Å². The first-order valence-corrected chi connectivity index (χ1v) is 13.9. The number of pyridine rings is 1. The van der Waals surface area contributed by atoms with E-state index in [1.165, 1.54) is 10.4 Å². The maximum absolute atomic E-state index is 15.0. The molecule has 1 fully saturated rings. The molecule has 6 rings (SSSR count). The molecule has 0 unspecified atom stereocenters. The molecule has 4 heterocycles. The number of benzene rings is 2. The molecule has 1 saturated heterocycles. The standard InChI is InChI=1S/C27H28FN7O2S/c1-27(2)17-35(38(36,37)23-7-3-5-18-6-4-10-30-24(18)23)25-20(27)16-31-26(33-25)32-19-8-9-22(21(28)15-19)34-13-11-29-12-14-34/h3-10,15-16,29H,11-14,17H2,1-2H3,(H,31,32,33). The average molecular weight is 534 g/mol. The summed E-state index contributed by atoms with van der Waals surface area (Å²) in [5.74, 6) is 0.150. The third kappa shape index (κ3) is 4.21. The summed E-state index contributed by atoms with van der Waals surface area (Å²) >= 11 is 0. The van der Waals surface area contributed by atoms with Crippen LogP contribution in [0.4, 0.5) is 27.5 Å². The Morgan fingerprint density at radius 1 is 1.05 bits per heavy atom. The number of nitrogens with zero attached hydrogens (tertiary/aromatic N) is 5. The first-order valence-electron chi connectivity index (χ1n) is 12.5. The number of piperazine rings is 1. The minimum Gasteiger partial charge on any atom is -0.367 e. The molecule has 2 aromatic carbocycles. The number of hydrogen-bond donors (Lipinski definition) is 2. The molecular weight excluding hydrogens is 505 g/mol. The molecule has 11 heteroatoms. The van der Waals surface area contributed by atoms with E-state index in [1.807, 2.05) is 30.9 Å². The van der Waals surface area contributed by atoms with Gasteiger partial charge in [0.05, 0.1) is 11.2 Å². The van der Waals surface area contributed by atoms with Gasteiger partial charge in [0.1, 0.15) is 10.7 Å². The van der Waals surface area contributed by atoms with Crippen molar-refractivity contribution in [2.24, 2.45) is 0 Å². The van der Waals surface area contributed by atoms with Gasteiger partial charge in [0.25, 0.3) is 10.0 Å². The molecule has 4 aromatic rings. The number of aromatic nitrogens is 3. The van der Waals surface area contributed by atoms with Crippen molar-refractivity contribution in [2.45, 2.75) is 24.2 Å². The van der Waals surface area contributed by atoms with Gasteiger partial charge in [-0.15, -0.1) is 0 Å². The van der Waals surface area contributed by atoms with Crippen molar-refractivity contribution in [1.29, 1.82) is 0 Å². The molecule has 2 N–H and O–H groups in total. The number of nitrogens with one attached hydrogen (secondary N) is 2. The highest BCUT2D eigenvalue weighted by Gasteiger charge is 2.43. The van der Waals surface area contributed by atoms with Crippen LogP contribution in [0.2, 0.25) is 0 Å². The van der Waals surface area contributed by atoms with Gasteiger partial charge in [-0.3, -0.25) is 4.98 Å². The second-order valence-electron chi connectivity index (χ2n) is 10.2. The summed E-state index contributed by atoms with van der Waals surface area (Å²) in [6.07, 6.45) is 3.23. The molecule has 0 saturated carbocycles. The Bertz CT molecular complexity index is 1630. The Labute approximate surface area is 220 Å². The summed E-state index contributed by atoms with van der Waals surface area (Å²) in [4.78, 5) is 15.5. The van der Waals surface area contributed by atoms with Crippen LogP contribution >= 0.6 is 0 Å². The van der Waals surface area contributed by atoms with Gasteiger partial charge in [0, 0.05) is 67.2 Å². The molecule has 0 amide bonds. The zero-order valence-corrected chi connectivity index (χ0v) is 22.0. The molecule has 2 aliphatic heterocycles. The zero-order chi connectivity index (χ0) is 26.5. The quantitative estimate of drug-likeness (QED) is 0.399. The molecule has 9 nitrogen and oxygen atoms in total. The average Bonchev–Trinajstić information content (AvgIpc) is 3.19. The third-order valence-electron chi connectivity index (χ3n) is 7.10. The van der Waals surface area contributed by atoms with Crippen LogP contribution < -0.4 is 19.8 Å². The zero-order valence-electron chi connectivity index (χ0n) is 21.1. The van der Waals surface area contributed by atoms with Crippen LogP contribution in [0, 0.1) is 5.82 Å². The number of para-hydroxylation sites is 1. The van der Waals surface area contributed by atoms with Crippen molar-refractivity contribution in [1.82, 2.24) is 20.3 Å². The van der Waals surface area contributed by atoms with Gasteiger partial charge >= 0.3 is 0 Å². The van der Waals surface area contributed by atoms with Crippen molar-refractivity contribution >= 4 is 44.1 Å². The molecule has 0 spiro atoms.